The molecule has 0 bridgehead atoms. The Balaban J connectivity index is 1.56. The molecule has 2 N–H and O–H groups in total. The van der Waals surface area contributed by atoms with Crippen molar-refractivity contribution in [3.05, 3.63) is 35.9 Å². The first-order chi connectivity index (χ1) is 13.8. The number of unbranched alkanes of at least 4 members (excludes halogenated alkanes) is 1. The molecule has 1 aliphatic rings. The Kier molecular flexibility index (Phi) is 11.0. The smallest absolute Gasteiger partial charge is 0.191 e. The average Bonchev–Trinajstić information content (AvgIpc) is 2.69. The zero-order chi connectivity index (χ0) is 19.9. The number of hydrogen-bond acceptors (Lipinski definition) is 3. The summed E-state index contributed by atoms with van der Waals surface area (Å²) >= 11 is 0. The van der Waals surface area contributed by atoms with E-state index in [1.807, 2.05) is 6.07 Å². The first kappa shape index (κ1) is 22.7. The monoisotopic (exact) mass is 389 g/mol. The van der Waals surface area contributed by atoms with Crippen LogP contribution in [0.25, 0.3) is 0 Å². The van der Waals surface area contributed by atoms with Gasteiger partial charge in [-0.15, -0.1) is 0 Å². The van der Waals surface area contributed by atoms with Gasteiger partial charge in [-0.2, -0.15) is 0 Å². The van der Waals surface area contributed by atoms with Gasteiger partial charge in [0.05, 0.1) is 6.61 Å². The van der Waals surface area contributed by atoms with Gasteiger partial charge in [0.2, 0.25) is 0 Å². The molecule has 5 nitrogen and oxygen atoms in total. The van der Waals surface area contributed by atoms with Gasteiger partial charge in [0.1, 0.15) is 0 Å². The summed E-state index contributed by atoms with van der Waals surface area (Å²) in [6, 6.07) is 10.5. The lowest BCUT2D eigenvalue weighted by atomic mass is 9.67. The van der Waals surface area contributed by atoms with Crippen molar-refractivity contribution in [2.45, 2.75) is 51.9 Å². The molecule has 0 atom stereocenters. The lowest BCUT2D eigenvalue weighted by Gasteiger charge is -2.40. The maximum atomic E-state index is 5.76. The van der Waals surface area contributed by atoms with Crippen LogP contribution in [0.5, 0.6) is 0 Å². The Bertz CT molecular complexity index is 544. The highest BCUT2D eigenvalue weighted by atomic mass is 16.5. The van der Waals surface area contributed by atoms with E-state index < -0.39 is 0 Å². The summed E-state index contributed by atoms with van der Waals surface area (Å²) in [5, 5.41) is 6.83. The minimum Gasteiger partial charge on any atom is -0.385 e. The Hall–Kier alpha value is -1.59. The average molecular weight is 390 g/mol. The second-order valence-electron chi connectivity index (χ2n) is 7.77. The minimum absolute atomic E-state index is 0.366. The lowest BCUT2D eigenvalue weighted by Crippen LogP contribution is -2.40. The highest BCUT2D eigenvalue weighted by Gasteiger charge is 2.36. The van der Waals surface area contributed by atoms with Crippen molar-refractivity contribution < 1.29 is 9.47 Å². The van der Waals surface area contributed by atoms with Crippen LogP contribution in [0.1, 0.15) is 51.0 Å². The number of aliphatic imine (C=N–C) groups is 1. The van der Waals surface area contributed by atoms with Crippen LogP contribution < -0.4 is 10.6 Å². The summed E-state index contributed by atoms with van der Waals surface area (Å²) in [7, 11) is 1.78. The molecule has 5 heteroatoms. The van der Waals surface area contributed by atoms with E-state index in [2.05, 4.69) is 41.8 Å². The van der Waals surface area contributed by atoms with Crippen LogP contribution in [0.2, 0.25) is 0 Å². The predicted octanol–water partition coefficient (Wildman–Crippen LogP) is 3.79. The van der Waals surface area contributed by atoms with Crippen molar-refractivity contribution in [1.82, 2.24) is 10.6 Å². The van der Waals surface area contributed by atoms with Crippen molar-refractivity contribution in [3.8, 4) is 0 Å². The third-order valence-electron chi connectivity index (χ3n) is 5.55. The summed E-state index contributed by atoms with van der Waals surface area (Å²) in [5.74, 6) is 0.941. The number of rotatable bonds is 14. The number of methoxy groups -OCH3 is 1. The standard InChI is InChI=1S/C23H39N3O2/c1-3-24-22(26-20-23(13-9-14-23)15-19-27-2)25-16-7-8-17-28-18-12-21-10-5-4-6-11-21/h4-6,10-11H,3,7-9,12-20H2,1-2H3,(H2,24,25,26). The summed E-state index contributed by atoms with van der Waals surface area (Å²) in [5.41, 5.74) is 1.70. The van der Waals surface area contributed by atoms with Gasteiger partial charge in [-0.1, -0.05) is 36.8 Å². The van der Waals surface area contributed by atoms with E-state index in [1.165, 1.54) is 24.8 Å². The molecule has 1 aromatic carbocycles. The fourth-order valence-corrected chi connectivity index (χ4v) is 3.54. The number of benzene rings is 1. The lowest BCUT2D eigenvalue weighted by molar-refractivity contribution is 0.0778. The summed E-state index contributed by atoms with van der Waals surface area (Å²) in [6.07, 6.45) is 8.14. The second-order valence-corrected chi connectivity index (χ2v) is 7.77. The third kappa shape index (κ3) is 8.61. The summed E-state index contributed by atoms with van der Waals surface area (Å²) in [4.78, 5) is 4.85. The van der Waals surface area contributed by atoms with Crippen LogP contribution in [-0.2, 0) is 15.9 Å². The van der Waals surface area contributed by atoms with Crippen molar-refractivity contribution >= 4 is 5.96 Å². The molecule has 0 heterocycles. The Labute approximate surface area is 171 Å². The second kappa shape index (κ2) is 13.6. The van der Waals surface area contributed by atoms with Gasteiger partial charge in [0.25, 0.3) is 0 Å². The van der Waals surface area contributed by atoms with Gasteiger partial charge in [-0.25, -0.2) is 0 Å². The fraction of sp³-hybridized carbons (Fsp3) is 0.696. The van der Waals surface area contributed by atoms with Crippen LogP contribution in [0.15, 0.2) is 35.3 Å². The van der Waals surface area contributed by atoms with Gasteiger partial charge < -0.3 is 20.1 Å². The van der Waals surface area contributed by atoms with E-state index in [1.54, 1.807) is 7.11 Å². The molecular formula is C23H39N3O2. The van der Waals surface area contributed by atoms with E-state index >= 15 is 0 Å². The third-order valence-corrected chi connectivity index (χ3v) is 5.55. The van der Waals surface area contributed by atoms with Gasteiger partial charge in [-0.05, 0) is 56.4 Å². The van der Waals surface area contributed by atoms with Crippen LogP contribution in [0, 0.1) is 5.41 Å². The SMILES string of the molecule is CCNC(=NCC1(CCOC)CCC1)NCCCCOCCc1ccccc1. The molecule has 1 aromatic rings. The van der Waals surface area contributed by atoms with Gasteiger partial charge in [0.15, 0.2) is 5.96 Å². The number of guanidine groups is 1. The molecule has 0 aliphatic heterocycles. The van der Waals surface area contributed by atoms with Crippen molar-refractivity contribution in [2.75, 3.05) is 46.6 Å². The van der Waals surface area contributed by atoms with Crippen molar-refractivity contribution in [1.29, 1.82) is 0 Å². The molecule has 0 unspecified atom stereocenters. The molecule has 0 radical (unpaired) electrons. The maximum Gasteiger partial charge on any atom is 0.191 e. The fourth-order valence-electron chi connectivity index (χ4n) is 3.54. The molecule has 28 heavy (non-hydrogen) atoms. The normalized spacial score (nSPS) is 15.9. The van der Waals surface area contributed by atoms with E-state index in [0.717, 1.165) is 71.1 Å². The molecule has 1 fully saturated rings. The molecule has 2 rings (SSSR count). The molecule has 1 aliphatic carbocycles. The van der Waals surface area contributed by atoms with E-state index in [9.17, 15) is 0 Å². The Morgan fingerprint density at radius 3 is 2.57 bits per heavy atom. The van der Waals surface area contributed by atoms with E-state index in [4.69, 9.17) is 14.5 Å². The van der Waals surface area contributed by atoms with Gasteiger partial charge in [0, 0.05) is 40.0 Å². The zero-order valence-electron chi connectivity index (χ0n) is 17.8. The minimum atomic E-state index is 0.366. The number of nitrogens with one attached hydrogen (secondary N) is 2. The summed E-state index contributed by atoms with van der Waals surface area (Å²) in [6.45, 7) is 7.28. The van der Waals surface area contributed by atoms with Crippen LogP contribution in [-0.4, -0.2) is 52.5 Å². The Morgan fingerprint density at radius 2 is 1.89 bits per heavy atom. The van der Waals surface area contributed by atoms with Gasteiger partial charge >= 0.3 is 0 Å². The van der Waals surface area contributed by atoms with Crippen molar-refractivity contribution in [3.63, 3.8) is 0 Å². The highest BCUT2D eigenvalue weighted by Crippen LogP contribution is 2.44. The molecule has 0 amide bonds. The van der Waals surface area contributed by atoms with E-state index in [-0.39, 0.29) is 0 Å². The molecule has 0 aromatic heterocycles. The number of ether oxygens (including phenoxy) is 2. The summed E-state index contributed by atoms with van der Waals surface area (Å²) < 4.78 is 11.0. The first-order valence-corrected chi connectivity index (χ1v) is 10.9. The topological polar surface area (TPSA) is 54.9 Å². The number of hydrogen-bond donors (Lipinski definition) is 2. The van der Waals surface area contributed by atoms with Gasteiger partial charge in [-0.3, -0.25) is 4.99 Å². The van der Waals surface area contributed by atoms with Crippen molar-refractivity contribution in [2.24, 2.45) is 10.4 Å². The quantitative estimate of drug-likeness (QED) is 0.289. The maximum absolute atomic E-state index is 5.76. The molecule has 1 saturated carbocycles. The molecular weight excluding hydrogens is 350 g/mol. The largest absolute Gasteiger partial charge is 0.385 e. The zero-order valence-corrected chi connectivity index (χ0v) is 17.8. The Morgan fingerprint density at radius 1 is 1.07 bits per heavy atom. The highest BCUT2D eigenvalue weighted by molar-refractivity contribution is 5.79. The van der Waals surface area contributed by atoms with E-state index in [0.29, 0.717) is 5.41 Å². The van der Waals surface area contributed by atoms with Crippen LogP contribution in [0.3, 0.4) is 0 Å². The number of nitrogens with zero attached hydrogens (tertiary/aromatic N) is 1. The van der Waals surface area contributed by atoms with Crippen LogP contribution >= 0.6 is 0 Å². The molecule has 0 spiro atoms. The first-order valence-electron chi connectivity index (χ1n) is 10.9. The predicted molar refractivity (Wildman–Crippen MR) is 117 cm³/mol. The van der Waals surface area contributed by atoms with Crippen LogP contribution in [0.4, 0.5) is 0 Å². The molecule has 0 saturated heterocycles. The molecule has 158 valence electrons.